The normalized spacial score (nSPS) is 14.9. The summed E-state index contributed by atoms with van der Waals surface area (Å²) in [4.78, 5) is 0. The van der Waals surface area contributed by atoms with Crippen LogP contribution in [0.2, 0.25) is 0 Å². The SMILES string of the molecule is CCN(c1ccccc1)N1N=C(F)C=C(F)N1. The second-order valence-electron chi connectivity index (χ2n) is 3.37. The highest BCUT2D eigenvalue weighted by Gasteiger charge is 2.18. The van der Waals surface area contributed by atoms with Gasteiger partial charge in [-0.05, 0) is 19.1 Å². The molecular formula is C11H12F2N4. The van der Waals surface area contributed by atoms with Crippen molar-refractivity contribution < 1.29 is 8.78 Å². The molecule has 0 fully saturated rings. The van der Waals surface area contributed by atoms with Gasteiger partial charge in [-0.25, -0.2) is 5.43 Å². The number of hydrogen-bond donors (Lipinski definition) is 1. The Labute approximate surface area is 97.8 Å². The van der Waals surface area contributed by atoms with Crippen LogP contribution in [0.25, 0.3) is 0 Å². The van der Waals surface area contributed by atoms with E-state index in [9.17, 15) is 8.78 Å². The number of rotatable bonds is 3. The Morgan fingerprint density at radius 3 is 2.59 bits per heavy atom. The fourth-order valence-corrected chi connectivity index (χ4v) is 1.52. The summed E-state index contributed by atoms with van der Waals surface area (Å²) in [7, 11) is 0. The van der Waals surface area contributed by atoms with Gasteiger partial charge in [0, 0.05) is 12.6 Å². The molecule has 0 radical (unpaired) electrons. The van der Waals surface area contributed by atoms with Crippen LogP contribution in [0.5, 0.6) is 0 Å². The van der Waals surface area contributed by atoms with Gasteiger partial charge in [0.25, 0.3) is 0 Å². The number of hydrazine groups is 2. The molecule has 90 valence electrons. The molecule has 1 aliphatic heterocycles. The molecular weight excluding hydrogens is 226 g/mol. The highest BCUT2D eigenvalue weighted by molar-refractivity contribution is 5.87. The van der Waals surface area contributed by atoms with Crippen LogP contribution in [0, 0.1) is 0 Å². The lowest BCUT2D eigenvalue weighted by atomic mass is 10.3. The smallest absolute Gasteiger partial charge is 0.239 e. The molecule has 0 spiro atoms. The van der Waals surface area contributed by atoms with E-state index in [4.69, 9.17) is 0 Å². The van der Waals surface area contributed by atoms with Crippen LogP contribution in [0.15, 0.2) is 47.5 Å². The maximum atomic E-state index is 13.1. The average molecular weight is 238 g/mol. The predicted octanol–water partition coefficient (Wildman–Crippen LogP) is 2.34. The Hall–Kier alpha value is -2.11. The summed E-state index contributed by atoms with van der Waals surface area (Å²) in [5.41, 5.74) is 3.11. The number of para-hydroxylation sites is 1. The Bertz CT molecular complexity index is 444. The van der Waals surface area contributed by atoms with Crippen molar-refractivity contribution in [1.82, 2.24) is 10.7 Å². The van der Waals surface area contributed by atoms with E-state index in [1.54, 1.807) is 5.01 Å². The highest BCUT2D eigenvalue weighted by atomic mass is 19.1. The van der Waals surface area contributed by atoms with Crippen molar-refractivity contribution in [1.29, 1.82) is 0 Å². The molecule has 0 amide bonds. The summed E-state index contributed by atoms with van der Waals surface area (Å²) >= 11 is 0. The quantitative estimate of drug-likeness (QED) is 0.820. The lowest BCUT2D eigenvalue weighted by Crippen LogP contribution is -2.48. The minimum Gasteiger partial charge on any atom is -0.250 e. The van der Waals surface area contributed by atoms with Gasteiger partial charge in [0.15, 0.2) is 0 Å². The zero-order valence-electron chi connectivity index (χ0n) is 9.27. The molecule has 1 aromatic rings. The topological polar surface area (TPSA) is 30.9 Å². The van der Waals surface area contributed by atoms with Crippen LogP contribution in [0.3, 0.4) is 0 Å². The third-order valence-corrected chi connectivity index (χ3v) is 2.23. The molecule has 4 nitrogen and oxygen atoms in total. The summed E-state index contributed by atoms with van der Waals surface area (Å²) in [6.45, 7) is 2.37. The predicted molar refractivity (Wildman–Crippen MR) is 62.2 cm³/mol. The first-order valence-corrected chi connectivity index (χ1v) is 5.21. The van der Waals surface area contributed by atoms with Crippen LogP contribution in [0.4, 0.5) is 14.5 Å². The van der Waals surface area contributed by atoms with Gasteiger partial charge in [0.2, 0.25) is 11.9 Å². The van der Waals surface area contributed by atoms with E-state index >= 15 is 0 Å². The van der Waals surface area contributed by atoms with Gasteiger partial charge in [0.05, 0.1) is 5.69 Å². The second-order valence-corrected chi connectivity index (χ2v) is 3.37. The molecule has 2 rings (SSSR count). The molecule has 6 heteroatoms. The van der Waals surface area contributed by atoms with E-state index in [2.05, 4.69) is 10.5 Å². The van der Waals surface area contributed by atoms with Crippen LogP contribution in [-0.2, 0) is 0 Å². The molecule has 0 bridgehead atoms. The number of nitrogens with one attached hydrogen (secondary N) is 1. The van der Waals surface area contributed by atoms with Crippen molar-refractivity contribution in [2.24, 2.45) is 5.10 Å². The number of anilines is 1. The van der Waals surface area contributed by atoms with Crippen molar-refractivity contribution in [3.8, 4) is 0 Å². The maximum absolute atomic E-state index is 13.1. The van der Waals surface area contributed by atoms with Gasteiger partial charge in [-0.2, -0.15) is 8.78 Å². The van der Waals surface area contributed by atoms with Crippen molar-refractivity contribution in [2.75, 3.05) is 11.6 Å². The van der Waals surface area contributed by atoms with Crippen LogP contribution in [0.1, 0.15) is 6.92 Å². The monoisotopic (exact) mass is 238 g/mol. The molecule has 0 saturated carbocycles. The summed E-state index contributed by atoms with van der Waals surface area (Å²) in [6.07, 6.45) is 0.690. The summed E-state index contributed by atoms with van der Waals surface area (Å²) in [5, 5.41) is 6.21. The van der Waals surface area contributed by atoms with Crippen molar-refractivity contribution in [2.45, 2.75) is 6.92 Å². The van der Waals surface area contributed by atoms with Gasteiger partial charge in [-0.3, -0.25) is 5.01 Å². The Balaban J connectivity index is 2.24. The Morgan fingerprint density at radius 2 is 2.00 bits per heavy atom. The van der Waals surface area contributed by atoms with Crippen molar-refractivity contribution >= 4 is 11.7 Å². The molecule has 0 aliphatic carbocycles. The zero-order chi connectivity index (χ0) is 12.3. The molecule has 0 atom stereocenters. The summed E-state index contributed by atoms with van der Waals surface area (Å²) < 4.78 is 26.1. The first kappa shape index (κ1) is 11.4. The lowest BCUT2D eigenvalue weighted by molar-refractivity contribution is 0.172. The molecule has 0 aromatic heterocycles. The fourth-order valence-electron chi connectivity index (χ4n) is 1.52. The second kappa shape index (κ2) is 4.82. The number of nitrogens with zero attached hydrogens (tertiary/aromatic N) is 3. The number of halogens is 2. The minimum atomic E-state index is -0.879. The molecule has 1 aliphatic rings. The molecule has 1 heterocycles. The third kappa shape index (κ3) is 2.52. The third-order valence-electron chi connectivity index (χ3n) is 2.23. The molecule has 17 heavy (non-hydrogen) atoms. The van der Waals surface area contributed by atoms with Gasteiger partial charge in [-0.1, -0.05) is 18.2 Å². The summed E-state index contributed by atoms with van der Waals surface area (Å²) in [5.74, 6) is -1.66. The summed E-state index contributed by atoms with van der Waals surface area (Å²) in [6, 6.07) is 9.21. The first-order valence-electron chi connectivity index (χ1n) is 5.21. The highest BCUT2D eigenvalue weighted by Crippen LogP contribution is 2.17. The lowest BCUT2D eigenvalue weighted by Gasteiger charge is -2.33. The number of hydrazone groups is 1. The Kier molecular flexibility index (Phi) is 3.22. The molecule has 0 saturated heterocycles. The van der Waals surface area contributed by atoms with Crippen LogP contribution in [-0.4, -0.2) is 17.7 Å². The average Bonchev–Trinajstić information content (AvgIpc) is 2.30. The van der Waals surface area contributed by atoms with Crippen molar-refractivity contribution in [3.05, 3.63) is 42.4 Å². The Morgan fingerprint density at radius 1 is 1.29 bits per heavy atom. The van der Waals surface area contributed by atoms with E-state index in [1.807, 2.05) is 37.3 Å². The van der Waals surface area contributed by atoms with Gasteiger partial charge < -0.3 is 0 Å². The fraction of sp³-hybridized carbons (Fsp3) is 0.182. The number of benzene rings is 1. The minimum absolute atomic E-state index is 0.515. The molecule has 1 N–H and O–H groups in total. The van der Waals surface area contributed by atoms with E-state index < -0.39 is 11.9 Å². The van der Waals surface area contributed by atoms with Gasteiger partial charge in [-0.15, -0.1) is 10.3 Å². The number of allylic oxidation sites excluding steroid dienone is 1. The molecule has 0 unspecified atom stereocenters. The van der Waals surface area contributed by atoms with E-state index in [1.165, 1.54) is 0 Å². The van der Waals surface area contributed by atoms with Crippen LogP contribution >= 0.6 is 0 Å². The zero-order valence-corrected chi connectivity index (χ0v) is 9.27. The van der Waals surface area contributed by atoms with Crippen molar-refractivity contribution in [3.63, 3.8) is 0 Å². The number of hydrogen-bond acceptors (Lipinski definition) is 4. The largest absolute Gasteiger partial charge is 0.250 e. The van der Waals surface area contributed by atoms with Gasteiger partial charge >= 0.3 is 0 Å². The van der Waals surface area contributed by atoms with E-state index in [0.29, 0.717) is 12.6 Å². The maximum Gasteiger partial charge on any atom is 0.239 e. The molecule has 1 aromatic carbocycles. The van der Waals surface area contributed by atoms with E-state index in [-0.39, 0.29) is 0 Å². The van der Waals surface area contributed by atoms with Crippen LogP contribution < -0.4 is 10.4 Å². The first-order chi connectivity index (χ1) is 8.20. The van der Waals surface area contributed by atoms with Gasteiger partial charge in [0.1, 0.15) is 0 Å². The van der Waals surface area contributed by atoms with E-state index in [0.717, 1.165) is 10.9 Å². The standard InChI is InChI=1S/C11H12F2N4/c1-2-16(9-6-4-3-5-7-9)17-14-10(12)8-11(13)15-17/h3-8,14H,2H2,1H3.